The van der Waals surface area contributed by atoms with E-state index in [1.54, 1.807) is 6.92 Å². The van der Waals surface area contributed by atoms with Gasteiger partial charge in [0.1, 0.15) is 6.04 Å². The second kappa shape index (κ2) is 8.06. The maximum Gasteiger partial charge on any atom is 0.397 e. The van der Waals surface area contributed by atoms with Crippen LogP contribution in [-0.4, -0.2) is 58.6 Å². The molecule has 1 atom stereocenters. The minimum absolute atomic E-state index is 0.0608. The number of likely N-dealkylation sites (N-methyl/N-ethyl adjacent to an activating group) is 1. The molecule has 0 aromatic carbocycles. The van der Waals surface area contributed by atoms with Gasteiger partial charge < -0.3 is 19.8 Å². The zero-order chi connectivity index (χ0) is 15.0. The Kier molecular flexibility index (Phi) is 7.16. The average Bonchev–Trinajstić information content (AvgIpc) is 2.34. The summed E-state index contributed by atoms with van der Waals surface area (Å²) in [5.74, 6) is -4.81. The Balaban J connectivity index is 4.65. The van der Waals surface area contributed by atoms with E-state index in [1.807, 2.05) is 0 Å². The largest absolute Gasteiger partial charge is 0.481 e. The third kappa shape index (κ3) is 5.84. The minimum atomic E-state index is -1.38. The van der Waals surface area contributed by atoms with Gasteiger partial charge >= 0.3 is 23.8 Å². The number of carbonyl (C=O) groups excluding carboxylic acids is 2. The first-order valence-electron chi connectivity index (χ1n) is 5.69. The Hall–Kier alpha value is -2.12. The molecule has 0 rings (SSSR count). The standard InChI is InChI=1S/C11H17NO7/c1-3-6-19-11(18)9(15)12(2)7(10(16)17)4-5-8(13)14/h7H,3-6H2,1-2H3,(H,13,14)(H,16,17)/t7-/m1/s1. The van der Waals surface area contributed by atoms with Gasteiger partial charge in [0, 0.05) is 13.5 Å². The highest BCUT2D eigenvalue weighted by Gasteiger charge is 2.31. The van der Waals surface area contributed by atoms with E-state index in [4.69, 9.17) is 10.2 Å². The molecule has 0 aliphatic carbocycles. The lowest BCUT2D eigenvalue weighted by molar-refractivity contribution is -0.163. The van der Waals surface area contributed by atoms with Crippen molar-refractivity contribution in [3.05, 3.63) is 0 Å². The maximum atomic E-state index is 11.6. The van der Waals surface area contributed by atoms with Crippen molar-refractivity contribution in [2.24, 2.45) is 0 Å². The molecule has 0 aliphatic heterocycles. The van der Waals surface area contributed by atoms with Gasteiger partial charge in [-0.05, 0) is 12.8 Å². The molecule has 0 heterocycles. The van der Waals surface area contributed by atoms with Gasteiger partial charge in [0.05, 0.1) is 6.61 Å². The van der Waals surface area contributed by atoms with Crippen molar-refractivity contribution in [1.82, 2.24) is 4.90 Å². The molecule has 0 aliphatic rings. The average molecular weight is 275 g/mol. The van der Waals surface area contributed by atoms with Crippen LogP contribution in [0.25, 0.3) is 0 Å². The number of esters is 1. The van der Waals surface area contributed by atoms with Gasteiger partial charge in [-0.25, -0.2) is 9.59 Å². The number of amides is 1. The molecule has 0 saturated carbocycles. The van der Waals surface area contributed by atoms with Crippen LogP contribution in [0.2, 0.25) is 0 Å². The summed E-state index contributed by atoms with van der Waals surface area (Å²) >= 11 is 0. The predicted molar refractivity (Wildman–Crippen MR) is 62.3 cm³/mol. The van der Waals surface area contributed by atoms with Crippen molar-refractivity contribution in [2.75, 3.05) is 13.7 Å². The monoisotopic (exact) mass is 275 g/mol. The second-order valence-corrected chi connectivity index (χ2v) is 3.84. The van der Waals surface area contributed by atoms with E-state index in [0.717, 1.165) is 7.05 Å². The normalized spacial score (nSPS) is 11.5. The highest BCUT2D eigenvalue weighted by atomic mass is 16.5. The van der Waals surface area contributed by atoms with Crippen LogP contribution in [0.15, 0.2) is 0 Å². The first kappa shape index (κ1) is 16.9. The van der Waals surface area contributed by atoms with Crippen LogP contribution in [-0.2, 0) is 23.9 Å². The summed E-state index contributed by atoms with van der Waals surface area (Å²) in [5.41, 5.74) is 0. The van der Waals surface area contributed by atoms with E-state index in [0.29, 0.717) is 11.3 Å². The van der Waals surface area contributed by atoms with E-state index in [2.05, 4.69) is 4.74 Å². The fourth-order valence-electron chi connectivity index (χ4n) is 1.29. The Bertz CT molecular complexity index is 366. The lowest BCUT2D eigenvalue weighted by atomic mass is 10.1. The molecular weight excluding hydrogens is 258 g/mol. The molecule has 0 aromatic heterocycles. The first-order chi connectivity index (χ1) is 8.81. The fraction of sp³-hybridized carbons (Fsp3) is 0.636. The summed E-state index contributed by atoms with van der Waals surface area (Å²) in [6.45, 7) is 1.81. The van der Waals surface area contributed by atoms with Crippen molar-refractivity contribution >= 4 is 23.8 Å². The summed E-state index contributed by atoms with van der Waals surface area (Å²) in [6, 6.07) is -1.38. The topological polar surface area (TPSA) is 121 Å². The van der Waals surface area contributed by atoms with Gasteiger partial charge in [0.25, 0.3) is 0 Å². The van der Waals surface area contributed by atoms with Crippen LogP contribution in [0.5, 0.6) is 0 Å². The van der Waals surface area contributed by atoms with Crippen molar-refractivity contribution in [3.63, 3.8) is 0 Å². The van der Waals surface area contributed by atoms with Gasteiger partial charge in [-0.15, -0.1) is 0 Å². The smallest absolute Gasteiger partial charge is 0.397 e. The van der Waals surface area contributed by atoms with Gasteiger partial charge in [0.15, 0.2) is 0 Å². The Morgan fingerprint density at radius 2 is 1.79 bits per heavy atom. The van der Waals surface area contributed by atoms with Crippen LogP contribution in [0.3, 0.4) is 0 Å². The van der Waals surface area contributed by atoms with Gasteiger partial charge in [-0.3, -0.25) is 9.59 Å². The summed E-state index contributed by atoms with van der Waals surface area (Å²) in [6.07, 6.45) is -0.170. The molecule has 2 N–H and O–H groups in total. The van der Waals surface area contributed by atoms with E-state index < -0.39 is 36.3 Å². The van der Waals surface area contributed by atoms with Crippen LogP contribution in [0.1, 0.15) is 26.2 Å². The Morgan fingerprint density at radius 3 is 2.21 bits per heavy atom. The van der Waals surface area contributed by atoms with Crippen LogP contribution >= 0.6 is 0 Å². The lowest BCUT2D eigenvalue weighted by Gasteiger charge is -2.23. The quantitative estimate of drug-likeness (QED) is 0.484. The molecule has 108 valence electrons. The predicted octanol–water partition coefficient (Wildman–Crippen LogP) is -0.284. The lowest BCUT2D eigenvalue weighted by Crippen LogP contribution is -2.46. The zero-order valence-electron chi connectivity index (χ0n) is 10.8. The third-order valence-electron chi connectivity index (χ3n) is 2.32. The number of carbonyl (C=O) groups is 4. The van der Waals surface area contributed by atoms with Crippen molar-refractivity contribution in [1.29, 1.82) is 0 Å². The molecule has 0 saturated heterocycles. The molecule has 8 heteroatoms. The number of carboxylic acids is 2. The highest BCUT2D eigenvalue weighted by Crippen LogP contribution is 2.07. The summed E-state index contributed by atoms with van der Waals surface area (Å²) in [5, 5.41) is 17.4. The van der Waals surface area contributed by atoms with E-state index >= 15 is 0 Å². The number of nitrogens with zero attached hydrogens (tertiary/aromatic N) is 1. The van der Waals surface area contributed by atoms with Crippen LogP contribution in [0, 0.1) is 0 Å². The second-order valence-electron chi connectivity index (χ2n) is 3.84. The molecule has 0 fully saturated rings. The fourth-order valence-corrected chi connectivity index (χ4v) is 1.29. The number of ether oxygens (including phenoxy) is 1. The van der Waals surface area contributed by atoms with E-state index in [1.165, 1.54) is 0 Å². The van der Waals surface area contributed by atoms with E-state index in [-0.39, 0.29) is 13.0 Å². The summed E-state index contributed by atoms with van der Waals surface area (Å²) in [4.78, 5) is 44.9. The molecule has 0 aromatic rings. The minimum Gasteiger partial charge on any atom is -0.481 e. The third-order valence-corrected chi connectivity index (χ3v) is 2.32. The first-order valence-corrected chi connectivity index (χ1v) is 5.69. The zero-order valence-corrected chi connectivity index (χ0v) is 10.8. The summed E-state index contributed by atoms with van der Waals surface area (Å²) < 4.78 is 4.59. The molecule has 0 unspecified atom stereocenters. The van der Waals surface area contributed by atoms with E-state index in [9.17, 15) is 19.2 Å². The Morgan fingerprint density at radius 1 is 1.21 bits per heavy atom. The maximum absolute atomic E-state index is 11.6. The summed E-state index contributed by atoms with van der Waals surface area (Å²) in [7, 11) is 1.12. The van der Waals surface area contributed by atoms with Crippen molar-refractivity contribution in [2.45, 2.75) is 32.2 Å². The van der Waals surface area contributed by atoms with Gasteiger partial charge in [0.2, 0.25) is 0 Å². The number of rotatable bonds is 7. The molecule has 0 spiro atoms. The SMILES string of the molecule is CCCOC(=O)C(=O)N(C)[C@H](CCC(=O)O)C(=O)O. The molecule has 0 radical (unpaired) electrons. The van der Waals surface area contributed by atoms with Gasteiger partial charge in [-0.1, -0.05) is 6.92 Å². The van der Waals surface area contributed by atoms with Crippen molar-refractivity contribution < 1.29 is 34.1 Å². The number of hydrogen-bond donors (Lipinski definition) is 2. The number of hydrogen-bond acceptors (Lipinski definition) is 5. The molecule has 0 bridgehead atoms. The molecule has 19 heavy (non-hydrogen) atoms. The highest BCUT2D eigenvalue weighted by molar-refractivity contribution is 6.32. The van der Waals surface area contributed by atoms with Crippen molar-refractivity contribution in [3.8, 4) is 0 Å². The molecular formula is C11H17NO7. The van der Waals surface area contributed by atoms with Crippen LogP contribution < -0.4 is 0 Å². The van der Waals surface area contributed by atoms with Crippen LogP contribution in [0.4, 0.5) is 0 Å². The van der Waals surface area contributed by atoms with Gasteiger partial charge in [-0.2, -0.15) is 0 Å². The molecule has 8 nitrogen and oxygen atoms in total. The Labute approximate surface area is 109 Å². The number of aliphatic carboxylic acids is 2. The molecule has 1 amide bonds. The number of carboxylic acid groups (broad SMARTS) is 2.